The van der Waals surface area contributed by atoms with Gasteiger partial charge in [0, 0.05) is 56.1 Å². The summed E-state index contributed by atoms with van der Waals surface area (Å²) in [6.45, 7) is 5.01. The number of carboxylic acid groups (broad SMARTS) is 1. The predicted molar refractivity (Wildman–Crippen MR) is 188 cm³/mol. The first-order valence-electron chi connectivity index (χ1n) is 17.2. The van der Waals surface area contributed by atoms with Crippen LogP contribution < -0.4 is 5.32 Å². The molecule has 10 heteroatoms. The third-order valence-corrected chi connectivity index (χ3v) is 9.79. The molecule has 2 fully saturated rings. The number of carbonyl (C=O) groups is 4. The Bertz CT molecular complexity index is 1770. The monoisotopic (exact) mass is 663 g/mol. The third kappa shape index (κ3) is 7.54. The number of nitrogens with zero attached hydrogens (tertiary/aromatic N) is 3. The molecular weight excluding hydrogens is 618 g/mol. The molecule has 0 aliphatic carbocycles. The topological polar surface area (TPSA) is 126 Å². The Kier molecular flexibility index (Phi) is 10.4. The van der Waals surface area contributed by atoms with Crippen molar-refractivity contribution in [2.24, 2.45) is 5.92 Å². The number of carboxylic acids is 1. The SMILES string of the molecule is CC(C)C[C@@H](C(=O)O)N1CCN(C(=O)[C@H](Cc2c[nH]c3ccccc23)N2CCN[C@@H](Cc3ccccc3)C2=O)[C@@H](Cc2ccccc2)C1=O. The van der Waals surface area contributed by atoms with Crippen LogP contribution in [0.25, 0.3) is 10.9 Å². The Balaban J connectivity index is 1.36. The standard InChI is InChI=1S/C39H45N5O5/c1-26(2)21-35(39(48)49)44-20-19-43(33(37(44)46)23-28-13-7-4-8-14-28)38(47)34(24-29-25-41-31-16-10-9-15-30(29)31)42-18-17-40-32(36(42)45)22-27-11-5-3-6-12-27/h3-16,25-26,32-35,40-41H,17-24H2,1-2H3,(H,48,49)/t32-,33-,34-,35-/m0/s1. The second-order valence-corrected chi connectivity index (χ2v) is 13.6. The van der Waals surface area contributed by atoms with E-state index < -0.39 is 30.1 Å². The summed E-state index contributed by atoms with van der Waals surface area (Å²) in [7, 11) is 0. The zero-order valence-electron chi connectivity index (χ0n) is 28.1. The number of H-pyrrole nitrogens is 1. The molecule has 0 saturated carbocycles. The first-order valence-corrected chi connectivity index (χ1v) is 17.2. The van der Waals surface area contributed by atoms with E-state index in [1.165, 1.54) is 4.90 Å². The number of carbonyl (C=O) groups excluding carboxylic acids is 3. The second kappa shape index (κ2) is 15.1. The van der Waals surface area contributed by atoms with Crippen LogP contribution in [0.1, 0.15) is 37.0 Å². The molecule has 0 bridgehead atoms. The summed E-state index contributed by atoms with van der Waals surface area (Å²) >= 11 is 0. The van der Waals surface area contributed by atoms with Crippen LogP contribution in [0, 0.1) is 5.92 Å². The van der Waals surface area contributed by atoms with E-state index in [1.54, 1.807) is 9.80 Å². The fraction of sp³-hybridized carbons (Fsp3) is 0.385. The Morgan fingerprint density at radius 1 is 0.796 bits per heavy atom. The van der Waals surface area contributed by atoms with Crippen molar-refractivity contribution in [1.29, 1.82) is 0 Å². The molecule has 0 unspecified atom stereocenters. The van der Waals surface area contributed by atoms with Gasteiger partial charge in [0.05, 0.1) is 6.04 Å². The molecule has 2 aliphatic heterocycles. The third-order valence-electron chi connectivity index (χ3n) is 9.79. The number of nitrogens with one attached hydrogen (secondary N) is 2. The van der Waals surface area contributed by atoms with Crippen LogP contribution in [-0.2, 0) is 38.4 Å². The summed E-state index contributed by atoms with van der Waals surface area (Å²) in [6.07, 6.45) is 3.21. The highest BCUT2D eigenvalue weighted by Gasteiger charge is 2.46. The van der Waals surface area contributed by atoms with E-state index in [4.69, 9.17) is 0 Å². The largest absolute Gasteiger partial charge is 0.480 e. The molecule has 1 aromatic heterocycles. The Hall–Kier alpha value is -4.96. The van der Waals surface area contributed by atoms with Gasteiger partial charge in [-0.05, 0) is 41.5 Å². The number of rotatable bonds is 12. The van der Waals surface area contributed by atoms with Gasteiger partial charge in [-0.25, -0.2) is 4.79 Å². The van der Waals surface area contributed by atoms with Crippen LogP contribution in [0.4, 0.5) is 0 Å². The van der Waals surface area contributed by atoms with Gasteiger partial charge < -0.3 is 30.1 Å². The molecule has 3 amide bonds. The fourth-order valence-electron chi connectivity index (χ4n) is 7.33. The van der Waals surface area contributed by atoms with Crippen molar-refractivity contribution in [3.63, 3.8) is 0 Å². The number of piperazine rings is 2. The maximum absolute atomic E-state index is 15.0. The van der Waals surface area contributed by atoms with Gasteiger partial charge in [-0.15, -0.1) is 0 Å². The molecule has 4 aromatic rings. The van der Waals surface area contributed by atoms with E-state index in [2.05, 4.69) is 10.3 Å². The number of amides is 3. The van der Waals surface area contributed by atoms with Crippen LogP contribution in [0.2, 0.25) is 0 Å². The quantitative estimate of drug-likeness (QED) is 0.211. The second-order valence-electron chi connectivity index (χ2n) is 13.6. The highest BCUT2D eigenvalue weighted by molar-refractivity contribution is 5.96. The Labute approximate surface area is 287 Å². The molecule has 10 nitrogen and oxygen atoms in total. The molecule has 49 heavy (non-hydrogen) atoms. The highest BCUT2D eigenvalue weighted by atomic mass is 16.4. The van der Waals surface area contributed by atoms with E-state index in [0.717, 1.165) is 27.6 Å². The van der Waals surface area contributed by atoms with Crippen molar-refractivity contribution in [1.82, 2.24) is 25.0 Å². The summed E-state index contributed by atoms with van der Waals surface area (Å²) in [5.41, 5.74) is 3.74. The summed E-state index contributed by atoms with van der Waals surface area (Å²) in [5, 5.41) is 14.5. The predicted octanol–water partition coefficient (Wildman–Crippen LogP) is 3.90. The first-order chi connectivity index (χ1) is 23.7. The summed E-state index contributed by atoms with van der Waals surface area (Å²) < 4.78 is 0. The van der Waals surface area contributed by atoms with Crippen molar-refractivity contribution >= 4 is 34.6 Å². The smallest absolute Gasteiger partial charge is 0.326 e. The molecule has 3 N–H and O–H groups in total. The van der Waals surface area contributed by atoms with Crippen molar-refractivity contribution in [3.8, 4) is 0 Å². The number of aromatic amines is 1. The van der Waals surface area contributed by atoms with Gasteiger partial charge in [0.2, 0.25) is 17.7 Å². The maximum Gasteiger partial charge on any atom is 0.326 e. The van der Waals surface area contributed by atoms with Gasteiger partial charge in [0.25, 0.3) is 0 Å². The van der Waals surface area contributed by atoms with E-state index in [0.29, 0.717) is 25.9 Å². The number of aromatic nitrogens is 1. The number of para-hydroxylation sites is 1. The molecule has 2 aliphatic rings. The van der Waals surface area contributed by atoms with E-state index >= 15 is 4.79 Å². The first kappa shape index (κ1) is 33.9. The number of aliphatic carboxylic acids is 1. The average Bonchev–Trinajstić information content (AvgIpc) is 3.51. The molecular formula is C39H45N5O5. The van der Waals surface area contributed by atoms with Gasteiger partial charge in [0.15, 0.2) is 0 Å². The lowest BCUT2D eigenvalue weighted by molar-refractivity contribution is -0.163. The number of benzene rings is 3. The van der Waals surface area contributed by atoms with E-state index in [9.17, 15) is 19.5 Å². The van der Waals surface area contributed by atoms with Crippen LogP contribution >= 0.6 is 0 Å². The highest BCUT2D eigenvalue weighted by Crippen LogP contribution is 2.27. The molecule has 256 valence electrons. The number of hydrogen-bond acceptors (Lipinski definition) is 5. The summed E-state index contributed by atoms with van der Waals surface area (Å²) in [5.74, 6) is -1.82. The van der Waals surface area contributed by atoms with Gasteiger partial charge in [-0.1, -0.05) is 92.7 Å². The molecule has 3 heterocycles. The molecule has 2 saturated heterocycles. The Morgan fingerprint density at radius 3 is 2.10 bits per heavy atom. The van der Waals surface area contributed by atoms with Crippen molar-refractivity contribution < 1.29 is 24.3 Å². The fourth-order valence-corrected chi connectivity index (χ4v) is 7.33. The average molecular weight is 664 g/mol. The van der Waals surface area contributed by atoms with Gasteiger partial charge in [0.1, 0.15) is 18.1 Å². The van der Waals surface area contributed by atoms with E-state index in [-0.39, 0.29) is 49.6 Å². The van der Waals surface area contributed by atoms with Crippen molar-refractivity contribution in [2.75, 3.05) is 26.2 Å². The molecule has 6 rings (SSSR count). The maximum atomic E-state index is 15.0. The van der Waals surface area contributed by atoms with Crippen LogP contribution in [0.3, 0.4) is 0 Å². The zero-order valence-corrected chi connectivity index (χ0v) is 28.1. The lowest BCUT2D eigenvalue weighted by Crippen LogP contribution is -2.67. The molecule has 0 radical (unpaired) electrons. The van der Waals surface area contributed by atoms with E-state index in [1.807, 2.05) is 105 Å². The van der Waals surface area contributed by atoms with Crippen LogP contribution in [0.5, 0.6) is 0 Å². The van der Waals surface area contributed by atoms with Crippen LogP contribution in [0.15, 0.2) is 91.1 Å². The van der Waals surface area contributed by atoms with Gasteiger partial charge in [-0.2, -0.15) is 0 Å². The van der Waals surface area contributed by atoms with Crippen LogP contribution in [-0.4, -0.2) is 98.8 Å². The number of fused-ring (bicyclic) bond motifs is 1. The van der Waals surface area contributed by atoms with Crippen molar-refractivity contribution in [3.05, 3.63) is 108 Å². The van der Waals surface area contributed by atoms with Crippen molar-refractivity contribution in [2.45, 2.75) is 63.7 Å². The Morgan fingerprint density at radius 2 is 1.43 bits per heavy atom. The molecule has 0 spiro atoms. The summed E-state index contributed by atoms with van der Waals surface area (Å²) in [6, 6.07) is 23.9. The minimum absolute atomic E-state index is 0.0595. The number of hydrogen-bond donors (Lipinski definition) is 3. The minimum atomic E-state index is -1.05. The zero-order chi connectivity index (χ0) is 34.5. The lowest BCUT2D eigenvalue weighted by atomic mass is 9.94. The lowest BCUT2D eigenvalue weighted by Gasteiger charge is -2.46. The minimum Gasteiger partial charge on any atom is -0.480 e. The molecule has 4 atom stereocenters. The van der Waals surface area contributed by atoms with Gasteiger partial charge in [-0.3, -0.25) is 14.4 Å². The van der Waals surface area contributed by atoms with Gasteiger partial charge >= 0.3 is 5.97 Å². The molecule has 3 aromatic carbocycles. The summed E-state index contributed by atoms with van der Waals surface area (Å²) in [4.78, 5) is 64.1. The normalized spacial score (nSPS) is 19.8.